The molecule has 52 heavy (non-hydrogen) atoms. The van der Waals surface area contributed by atoms with Gasteiger partial charge in [0.15, 0.2) is 5.82 Å². The van der Waals surface area contributed by atoms with E-state index in [-0.39, 0.29) is 0 Å². The van der Waals surface area contributed by atoms with Crippen LogP contribution in [0.5, 0.6) is 0 Å². The molecule has 10 aromatic rings. The molecule has 0 aliphatic heterocycles. The van der Waals surface area contributed by atoms with E-state index < -0.39 is 0 Å². The SMILES string of the molecule is c1cc(-c2cccc(-c3cncc4ccccc34)c2)cc(-c2cc(-c3cc4ccccc4c4ccccc34)nc(-c3ccc4ccccc4c3)n2)c1. The summed E-state index contributed by atoms with van der Waals surface area (Å²) < 4.78 is 0. The van der Waals surface area contributed by atoms with E-state index >= 15 is 0 Å². The monoisotopic (exact) mass is 661 g/mol. The second kappa shape index (κ2) is 12.4. The molecule has 10 rings (SSSR count). The van der Waals surface area contributed by atoms with Gasteiger partial charge in [0.1, 0.15) is 0 Å². The molecule has 0 aliphatic rings. The first kappa shape index (κ1) is 29.9. The highest BCUT2D eigenvalue weighted by atomic mass is 14.9. The fourth-order valence-electron chi connectivity index (χ4n) is 7.53. The van der Waals surface area contributed by atoms with Crippen LogP contribution in [-0.2, 0) is 0 Å². The molecule has 0 fully saturated rings. The molecule has 2 heterocycles. The summed E-state index contributed by atoms with van der Waals surface area (Å²) in [5, 5.41) is 9.49. The minimum absolute atomic E-state index is 0.700. The number of benzene rings is 8. The van der Waals surface area contributed by atoms with Crippen LogP contribution in [0.25, 0.3) is 99.2 Å². The standard InChI is InChI=1S/C49H31N3/c1-2-12-33-27-39(24-23-32(33)11-1)49-51-47(29-48(52-49)45-28-37-13-3-5-19-41(37)43-21-7-8-22-44(43)45)38-18-10-16-35(26-38)34-15-9-17-36(25-34)46-31-50-30-40-14-4-6-20-42(40)46/h1-31H. The maximum absolute atomic E-state index is 5.30. The lowest BCUT2D eigenvalue weighted by molar-refractivity contribution is 1.19. The summed E-state index contributed by atoms with van der Waals surface area (Å²) in [6.07, 6.45) is 3.89. The highest BCUT2D eigenvalue weighted by Gasteiger charge is 2.16. The second-order valence-electron chi connectivity index (χ2n) is 13.3. The van der Waals surface area contributed by atoms with E-state index in [4.69, 9.17) is 9.97 Å². The highest BCUT2D eigenvalue weighted by molar-refractivity contribution is 6.13. The predicted octanol–water partition coefficient (Wildman–Crippen LogP) is 12.8. The third-order valence-electron chi connectivity index (χ3n) is 10.1. The van der Waals surface area contributed by atoms with Crippen molar-refractivity contribution in [2.75, 3.05) is 0 Å². The zero-order chi connectivity index (χ0) is 34.4. The van der Waals surface area contributed by atoms with Crippen molar-refractivity contribution in [3.8, 4) is 56.2 Å². The van der Waals surface area contributed by atoms with E-state index in [9.17, 15) is 0 Å². The Labute approximate surface area is 301 Å². The van der Waals surface area contributed by atoms with Gasteiger partial charge in [-0.1, -0.05) is 146 Å². The van der Waals surface area contributed by atoms with Crippen LogP contribution in [0.3, 0.4) is 0 Å². The van der Waals surface area contributed by atoms with Gasteiger partial charge in [0.05, 0.1) is 11.4 Å². The molecule has 2 aromatic heterocycles. The number of hydrogen-bond acceptors (Lipinski definition) is 3. The Bertz CT molecular complexity index is 2970. The van der Waals surface area contributed by atoms with Gasteiger partial charge in [-0.25, -0.2) is 9.97 Å². The highest BCUT2D eigenvalue weighted by Crippen LogP contribution is 2.38. The van der Waals surface area contributed by atoms with Gasteiger partial charge in [-0.15, -0.1) is 0 Å². The minimum atomic E-state index is 0.700. The first-order valence-electron chi connectivity index (χ1n) is 17.6. The molecule has 0 saturated carbocycles. The third-order valence-corrected chi connectivity index (χ3v) is 10.1. The normalized spacial score (nSPS) is 11.5. The molecule has 0 spiro atoms. The lowest BCUT2D eigenvalue weighted by atomic mass is 9.94. The van der Waals surface area contributed by atoms with Gasteiger partial charge in [0.25, 0.3) is 0 Å². The molecule has 0 radical (unpaired) electrons. The maximum Gasteiger partial charge on any atom is 0.160 e. The summed E-state index contributed by atoms with van der Waals surface area (Å²) in [4.78, 5) is 15.1. The van der Waals surface area contributed by atoms with Crippen LogP contribution in [0, 0.1) is 0 Å². The number of pyridine rings is 1. The quantitative estimate of drug-likeness (QED) is 0.172. The molecule has 0 atom stereocenters. The van der Waals surface area contributed by atoms with Crippen LogP contribution in [0.15, 0.2) is 188 Å². The number of rotatable bonds is 5. The Hall–Kier alpha value is -6.97. The number of hydrogen-bond donors (Lipinski definition) is 0. The van der Waals surface area contributed by atoms with Crippen molar-refractivity contribution in [2.45, 2.75) is 0 Å². The van der Waals surface area contributed by atoms with Gasteiger partial charge in [-0.3, -0.25) is 4.98 Å². The molecule has 242 valence electrons. The topological polar surface area (TPSA) is 38.7 Å². The minimum Gasteiger partial charge on any atom is -0.263 e. The van der Waals surface area contributed by atoms with E-state index in [0.29, 0.717) is 5.82 Å². The molecule has 0 bridgehead atoms. The smallest absolute Gasteiger partial charge is 0.160 e. The summed E-state index contributed by atoms with van der Waals surface area (Å²) in [5.74, 6) is 0.700. The molecule has 3 nitrogen and oxygen atoms in total. The van der Waals surface area contributed by atoms with Crippen molar-refractivity contribution in [2.24, 2.45) is 0 Å². The molecular formula is C49H31N3. The van der Waals surface area contributed by atoms with Crippen molar-refractivity contribution < 1.29 is 0 Å². The van der Waals surface area contributed by atoms with Crippen molar-refractivity contribution in [1.82, 2.24) is 15.0 Å². The largest absolute Gasteiger partial charge is 0.263 e. The van der Waals surface area contributed by atoms with Gasteiger partial charge < -0.3 is 0 Å². The molecule has 3 heteroatoms. The number of aromatic nitrogens is 3. The van der Waals surface area contributed by atoms with Crippen LogP contribution in [-0.4, -0.2) is 15.0 Å². The van der Waals surface area contributed by atoms with Gasteiger partial charge >= 0.3 is 0 Å². The van der Waals surface area contributed by atoms with Crippen molar-refractivity contribution in [3.63, 3.8) is 0 Å². The summed E-state index contributed by atoms with van der Waals surface area (Å²) in [6, 6.07) is 62.4. The Kier molecular flexibility index (Phi) is 7.14. The molecular weight excluding hydrogens is 631 g/mol. The average molecular weight is 662 g/mol. The van der Waals surface area contributed by atoms with E-state index in [1.165, 1.54) is 32.3 Å². The first-order valence-corrected chi connectivity index (χ1v) is 17.6. The third kappa shape index (κ3) is 5.28. The van der Waals surface area contributed by atoms with E-state index in [1.807, 2.05) is 12.4 Å². The number of nitrogens with zero attached hydrogens (tertiary/aromatic N) is 3. The van der Waals surface area contributed by atoms with Crippen LogP contribution in [0.2, 0.25) is 0 Å². The van der Waals surface area contributed by atoms with Gasteiger partial charge in [-0.05, 0) is 84.7 Å². The van der Waals surface area contributed by atoms with E-state index in [2.05, 4.69) is 181 Å². The van der Waals surface area contributed by atoms with Gasteiger partial charge in [-0.2, -0.15) is 0 Å². The Morgan fingerprint density at radius 2 is 0.904 bits per heavy atom. The van der Waals surface area contributed by atoms with Crippen LogP contribution in [0.1, 0.15) is 0 Å². The second-order valence-corrected chi connectivity index (χ2v) is 13.3. The van der Waals surface area contributed by atoms with Gasteiger partial charge in [0.2, 0.25) is 0 Å². The molecule has 0 aliphatic carbocycles. The van der Waals surface area contributed by atoms with E-state index in [0.717, 1.165) is 61.1 Å². The molecule has 0 amide bonds. The summed E-state index contributed by atoms with van der Waals surface area (Å²) in [5.41, 5.74) is 9.40. The lowest BCUT2D eigenvalue weighted by Gasteiger charge is -2.14. The van der Waals surface area contributed by atoms with Crippen LogP contribution < -0.4 is 0 Å². The Morgan fingerprint density at radius 3 is 1.73 bits per heavy atom. The summed E-state index contributed by atoms with van der Waals surface area (Å²) in [7, 11) is 0. The number of fused-ring (bicyclic) bond motifs is 5. The molecule has 8 aromatic carbocycles. The zero-order valence-electron chi connectivity index (χ0n) is 28.2. The van der Waals surface area contributed by atoms with Crippen molar-refractivity contribution in [3.05, 3.63) is 188 Å². The van der Waals surface area contributed by atoms with Crippen LogP contribution >= 0.6 is 0 Å². The molecule has 0 N–H and O–H groups in total. The first-order chi connectivity index (χ1) is 25.7. The van der Waals surface area contributed by atoms with Crippen LogP contribution in [0.4, 0.5) is 0 Å². The Morgan fingerprint density at radius 1 is 0.288 bits per heavy atom. The van der Waals surface area contributed by atoms with Gasteiger partial charge in [0, 0.05) is 40.0 Å². The fraction of sp³-hybridized carbons (Fsp3) is 0. The molecule has 0 saturated heterocycles. The summed E-state index contributed by atoms with van der Waals surface area (Å²) >= 11 is 0. The predicted molar refractivity (Wildman–Crippen MR) is 217 cm³/mol. The lowest BCUT2D eigenvalue weighted by Crippen LogP contribution is -1.97. The van der Waals surface area contributed by atoms with Crippen molar-refractivity contribution >= 4 is 43.1 Å². The fourth-order valence-corrected chi connectivity index (χ4v) is 7.53. The maximum atomic E-state index is 5.30. The van der Waals surface area contributed by atoms with Crippen molar-refractivity contribution in [1.29, 1.82) is 0 Å². The zero-order valence-corrected chi connectivity index (χ0v) is 28.2. The Balaban J connectivity index is 1.15. The average Bonchev–Trinajstić information content (AvgIpc) is 3.23. The van der Waals surface area contributed by atoms with E-state index in [1.54, 1.807) is 0 Å². The summed E-state index contributed by atoms with van der Waals surface area (Å²) in [6.45, 7) is 0. The molecule has 0 unspecified atom stereocenters.